The summed E-state index contributed by atoms with van der Waals surface area (Å²) < 4.78 is 2.08. The molecule has 0 atom stereocenters. The molecule has 0 aliphatic heterocycles. The van der Waals surface area contributed by atoms with Gasteiger partial charge in [-0.25, -0.2) is 4.98 Å². The minimum atomic E-state index is -0.815. The van der Waals surface area contributed by atoms with E-state index in [1.165, 1.54) is 18.5 Å². The van der Waals surface area contributed by atoms with Crippen molar-refractivity contribution < 1.29 is 9.90 Å². The van der Waals surface area contributed by atoms with E-state index in [1.54, 1.807) is 0 Å². The Morgan fingerprint density at radius 3 is 2.80 bits per heavy atom. The Kier molecular flexibility index (Phi) is 2.50. The highest BCUT2D eigenvalue weighted by Gasteiger charge is 2.29. The molecule has 2 rings (SSSR count). The van der Waals surface area contributed by atoms with Gasteiger partial charge in [0, 0.05) is 23.9 Å². The van der Waals surface area contributed by atoms with Crippen LogP contribution in [0.2, 0.25) is 0 Å². The molecule has 1 aliphatic rings. The Labute approximate surface area is 88.9 Å². The fraction of sp³-hybridized carbons (Fsp3) is 0.636. The molecule has 0 aromatic carbocycles. The predicted octanol–water partition coefficient (Wildman–Crippen LogP) is 1.97. The van der Waals surface area contributed by atoms with Crippen LogP contribution in [-0.4, -0.2) is 20.6 Å². The summed E-state index contributed by atoms with van der Waals surface area (Å²) in [7, 11) is 0. The van der Waals surface area contributed by atoms with Gasteiger partial charge in [0.05, 0.1) is 0 Å². The van der Waals surface area contributed by atoms with Gasteiger partial charge in [-0.15, -0.1) is 0 Å². The number of hydrogen-bond acceptors (Lipinski definition) is 2. The molecule has 1 fully saturated rings. The fourth-order valence-corrected chi connectivity index (χ4v) is 1.96. The van der Waals surface area contributed by atoms with Crippen LogP contribution in [0.5, 0.6) is 0 Å². The van der Waals surface area contributed by atoms with E-state index in [0.29, 0.717) is 11.7 Å². The second-order valence-electron chi connectivity index (χ2n) is 4.41. The third-order valence-corrected chi connectivity index (χ3v) is 2.72. The lowest BCUT2D eigenvalue weighted by molar-refractivity contribution is -0.136. The van der Waals surface area contributed by atoms with Crippen LogP contribution in [0.25, 0.3) is 0 Å². The topological polar surface area (TPSA) is 55.1 Å². The van der Waals surface area contributed by atoms with Crippen LogP contribution in [0.15, 0.2) is 6.20 Å². The van der Waals surface area contributed by atoms with Crippen LogP contribution in [0, 0.1) is 0 Å². The lowest BCUT2D eigenvalue weighted by Gasteiger charge is -2.14. The number of carboxylic acids is 1. The minimum absolute atomic E-state index is 0.0187. The molecule has 1 aliphatic carbocycles. The first-order valence-corrected chi connectivity index (χ1v) is 5.37. The van der Waals surface area contributed by atoms with E-state index < -0.39 is 5.97 Å². The van der Waals surface area contributed by atoms with Crippen molar-refractivity contribution in [2.45, 2.75) is 45.1 Å². The highest BCUT2D eigenvalue weighted by atomic mass is 16.4. The first-order chi connectivity index (χ1) is 7.09. The largest absolute Gasteiger partial charge is 0.481 e. The number of carbonyl (C=O) groups is 1. The SMILES string of the molecule is CC(C)n1c(C2CC2)cnc1CC(=O)O. The number of aromatic nitrogens is 2. The van der Waals surface area contributed by atoms with Crippen LogP contribution < -0.4 is 0 Å². The van der Waals surface area contributed by atoms with Gasteiger partial charge in [-0.1, -0.05) is 0 Å². The molecule has 1 N–H and O–H groups in total. The molecule has 82 valence electrons. The van der Waals surface area contributed by atoms with Crippen LogP contribution in [0.3, 0.4) is 0 Å². The van der Waals surface area contributed by atoms with Crippen LogP contribution >= 0.6 is 0 Å². The van der Waals surface area contributed by atoms with E-state index in [1.807, 2.05) is 6.20 Å². The molecular weight excluding hydrogens is 192 g/mol. The van der Waals surface area contributed by atoms with Crippen LogP contribution in [0.1, 0.15) is 50.2 Å². The van der Waals surface area contributed by atoms with Crippen molar-refractivity contribution in [2.75, 3.05) is 0 Å². The summed E-state index contributed by atoms with van der Waals surface area (Å²) in [5, 5.41) is 8.78. The molecule has 15 heavy (non-hydrogen) atoms. The summed E-state index contributed by atoms with van der Waals surface area (Å²) in [5.41, 5.74) is 1.21. The average Bonchev–Trinajstić information content (AvgIpc) is 2.87. The predicted molar refractivity (Wildman–Crippen MR) is 55.9 cm³/mol. The van der Waals surface area contributed by atoms with Crippen LogP contribution in [-0.2, 0) is 11.2 Å². The molecule has 1 saturated carbocycles. The van der Waals surface area contributed by atoms with Gasteiger partial charge in [0.2, 0.25) is 0 Å². The minimum Gasteiger partial charge on any atom is -0.481 e. The highest BCUT2D eigenvalue weighted by Crippen LogP contribution is 2.41. The smallest absolute Gasteiger partial charge is 0.311 e. The van der Waals surface area contributed by atoms with Gasteiger partial charge >= 0.3 is 5.97 Å². The quantitative estimate of drug-likeness (QED) is 0.823. The second kappa shape index (κ2) is 3.68. The number of rotatable bonds is 4. The summed E-state index contributed by atoms with van der Waals surface area (Å²) in [6.07, 6.45) is 4.29. The van der Waals surface area contributed by atoms with Crippen molar-refractivity contribution in [2.24, 2.45) is 0 Å². The van der Waals surface area contributed by atoms with Crippen LogP contribution in [0.4, 0.5) is 0 Å². The molecule has 0 amide bonds. The zero-order valence-electron chi connectivity index (χ0n) is 9.10. The molecule has 0 saturated heterocycles. The Morgan fingerprint density at radius 1 is 1.67 bits per heavy atom. The molecule has 0 radical (unpaired) electrons. The Bertz CT molecular complexity index is 378. The highest BCUT2D eigenvalue weighted by molar-refractivity contribution is 5.69. The molecule has 0 bridgehead atoms. The van der Waals surface area contributed by atoms with E-state index in [2.05, 4.69) is 23.4 Å². The zero-order chi connectivity index (χ0) is 11.0. The molecule has 1 heterocycles. The van der Waals surface area contributed by atoms with Gasteiger partial charge in [0.15, 0.2) is 0 Å². The van der Waals surface area contributed by atoms with Gasteiger partial charge in [-0.3, -0.25) is 4.79 Å². The van der Waals surface area contributed by atoms with Crippen molar-refractivity contribution in [1.29, 1.82) is 0 Å². The maximum atomic E-state index is 10.7. The lowest BCUT2D eigenvalue weighted by Crippen LogP contribution is -2.13. The Balaban J connectivity index is 2.32. The molecular formula is C11H16N2O2. The second-order valence-corrected chi connectivity index (χ2v) is 4.41. The third-order valence-electron chi connectivity index (χ3n) is 2.72. The van der Waals surface area contributed by atoms with Gasteiger partial charge < -0.3 is 9.67 Å². The molecule has 4 nitrogen and oxygen atoms in total. The van der Waals surface area contributed by atoms with Crippen molar-refractivity contribution >= 4 is 5.97 Å². The number of imidazole rings is 1. The van der Waals surface area contributed by atoms with E-state index in [4.69, 9.17) is 5.11 Å². The summed E-state index contributed by atoms with van der Waals surface area (Å²) in [4.78, 5) is 14.9. The van der Waals surface area contributed by atoms with Gasteiger partial charge in [0.25, 0.3) is 0 Å². The summed E-state index contributed by atoms with van der Waals surface area (Å²) in [5.74, 6) is 0.478. The molecule has 1 aromatic rings. The zero-order valence-corrected chi connectivity index (χ0v) is 9.10. The van der Waals surface area contributed by atoms with Gasteiger partial charge in [-0.2, -0.15) is 0 Å². The van der Waals surface area contributed by atoms with E-state index in [9.17, 15) is 4.79 Å². The average molecular weight is 208 g/mol. The number of hydrogen-bond donors (Lipinski definition) is 1. The maximum absolute atomic E-state index is 10.7. The number of aliphatic carboxylic acids is 1. The van der Waals surface area contributed by atoms with Gasteiger partial charge in [0.1, 0.15) is 12.2 Å². The molecule has 4 heteroatoms. The standard InChI is InChI=1S/C11H16N2O2/c1-7(2)13-9(8-3-4-8)6-12-10(13)5-11(14)15/h6-8H,3-5H2,1-2H3,(H,14,15). The van der Waals surface area contributed by atoms with E-state index in [-0.39, 0.29) is 12.5 Å². The molecule has 0 spiro atoms. The summed E-state index contributed by atoms with van der Waals surface area (Å²) >= 11 is 0. The fourth-order valence-electron chi connectivity index (χ4n) is 1.96. The Hall–Kier alpha value is -1.32. The number of nitrogens with zero attached hydrogens (tertiary/aromatic N) is 2. The van der Waals surface area contributed by atoms with Crippen molar-refractivity contribution in [1.82, 2.24) is 9.55 Å². The van der Waals surface area contributed by atoms with Gasteiger partial charge in [-0.05, 0) is 26.7 Å². The van der Waals surface area contributed by atoms with Crippen molar-refractivity contribution in [3.05, 3.63) is 17.7 Å². The molecule has 0 unspecified atom stereocenters. The van der Waals surface area contributed by atoms with Crippen molar-refractivity contribution in [3.63, 3.8) is 0 Å². The molecule has 1 aromatic heterocycles. The first-order valence-electron chi connectivity index (χ1n) is 5.37. The lowest BCUT2D eigenvalue weighted by atomic mass is 10.2. The Morgan fingerprint density at radius 2 is 2.33 bits per heavy atom. The first kappa shape index (κ1) is 10.2. The third kappa shape index (κ3) is 2.03. The normalized spacial score (nSPS) is 15.9. The monoisotopic (exact) mass is 208 g/mol. The van der Waals surface area contributed by atoms with E-state index >= 15 is 0 Å². The maximum Gasteiger partial charge on any atom is 0.311 e. The summed E-state index contributed by atoms with van der Waals surface area (Å²) in [6.45, 7) is 4.14. The van der Waals surface area contributed by atoms with Crippen molar-refractivity contribution in [3.8, 4) is 0 Å². The number of carboxylic acid groups (broad SMARTS) is 1. The van der Waals surface area contributed by atoms with E-state index in [0.717, 1.165) is 0 Å². The summed E-state index contributed by atoms with van der Waals surface area (Å²) in [6, 6.07) is 0.289.